The number of aromatic hydroxyl groups is 1. The molecular weight excluding hydrogens is 336 g/mol. The van der Waals surface area contributed by atoms with E-state index in [9.17, 15) is 14.7 Å². The van der Waals surface area contributed by atoms with E-state index < -0.39 is 12.1 Å². The molecule has 0 aliphatic heterocycles. The number of rotatable bonds is 5. The molecule has 0 radical (unpaired) electrons. The summed E-state index contributed by atoms with van der Waals surface area (Å²) in [7, 11) is 0. The van der Waals surface area contributed by atoms with Gasteiger partial charge in [-0.15, -0.1) is 0 Å². The third kappa shape index (κ3) is 3.54. The monoisotopic (exact) mass is 354 g/mol. The first kappa shape index (κ1) is 17.5. The van der Waals surface area contributed by atoms with Gasteiger partial charge in [0.05, 0.1) is 6.61 Å². The highest BCUT2D eigenvalue weighted by Gasteiger charge is 2.18. The van der Waals surface area contributed by atoms with Crippen molar-refractivity contribution in [2.75, 3.05) is 6.61 Å². The molecule has 0 fully saturated rings. The van der Waals surface area contributed by atoms with Crippen molar-refractivity contribution in [2.45, 2.75) is 20.0 Å². The Bertz CT molecular complexity index is 990. The Balaban J connectivity index is 2.03. The Kier molecular flexibility index (Phi) is 4.93. The number of phenols is 1. The lowest BCUT2D eigenvalue weighted by Crippen LogP contribution is -2.26. The minimum atomic E-state index is -0.865. The third-order valence-corrected chi connectivity index (χ3v) is 3.77. The SMILES string of the molecule is CCOC(=O)C(C)Oc1cc(O)c2c(=O)cc(-c3ccccc3)oc2c1. The number of phenolic OH excluding ortho intramolecular Hbond substituents is 1. The number of hydrogen-bond donors (Lipinski definition) is 1. The zero-order valence-corrected chi connectivity index (χ0v) is 14.4. The topological polar surface area (TPSA) is 86.0 Å². The molecule has 3 aromatic rings. The van der Waals surface area contributed by atoms with Gasteiger partial charge in [-0.3, -0.25) is 4.79 Å². The van der Waals surface area contributed by atoms with E-state index in [4.69, 9.17) is 13.9 Å². The van der Waals surface area contributed by atoms with Crippen LogP contribution in [0.1, 0.15) is 13.8 Å². The molecule has 3 rings (SSSR count). The van der Waals surface area contributed by atoms with Gasteiger partial charge in [-0.25, -0.2) is 4.79 Å². The van der Waals surface area contributed by atoms with Crippen LogP contribution in [-0.2, 0) is 9.53 Å². The van der Waals surface area contributed by atoms with Gasteiger partial charge in [-0.05, 0) is 13.8 Å². The van der Waals surface area contributed by atoms with E-state index in [2.05, 4.69) is 0 Å². The number of ether oxygens (including phenoxy) is 2. The Hall–Kier alpha value is -3.28. The molecule has 0 spiro atoms. The zero-order chi connectivity index (χ0) is 18.7. The summed E-state index contributed by atoms with van der Waals surface area (Å²) in [5.41, 5.74) is 0.534. The van der Waals surface area contributed by atoms with Crippen molar-refractivity contribution >= 4 is 16.9 Å². The maximum atomic E-state index is 12.4. The number of hydrogen-bond acceptors (Lipinski definition) is 6. The van der Waals surface area contributed by atoms with Gasteiger partial charge < -0.3 is 19.0 Å². The average Bonchev–Trinajstić information content (AvgIpc) is 2.62. The summed E-state index contributed by atoms with van der Waals surface area (Å²) in [4.78, 5) is 24.1. The summed E-state index contributed by atoms with van der Waals surface area (Å²) in [6.07, 6.45) is -0.865. The molecule has 6 nitrogen and oxygen atoms in total. The molecule has 6 heteroatoms. The molecule has 1 heterocycles. The number of carbonyl (C=O) groups is 1. The molecule has 134 valence electrons. The van der Waals surface area contributed by atoms with Crippen molar-refractivity contribution in [1.82, 2.24) is 0 Å². The molecular formula is C20H18O6. The summed E-state index contributed by atoms with van der Waals surface area (Å²) in [6.45, 7) is 3.48. The average molecular weight is 354 g/mol. The molecule has 1 aromatic heterocycles. The fourth-order valence-electron chi connectivity index (χ4n) is 2.57. The van der Waals surface area contributed by atoms with Gasteiger partial charge in [0.2, 0.25) is 0 Å². The molecule has 1 N–H and O–H groups in total. The fraction of sp³-hybridized carbons (Fsp3) is 0.200. The van der Waals surface area contributed by atoms with Gasteiger partial charge in [0.15, 0.2) is 11.5 Å². The Morgan fingerprint density at radius 3 is 2.62 bits per heavy atom. The van der Waals surface area contributed by atoms with Crippen molar-refractivity contribution in [3.8, 4) is 22.8 Å². The second-order valence-electron chi connectivity index (χ2n) is 5.67. The van der Waals surface area contributed by atoms with Crippen LogP contribution in [-0.4, -0.2) is 23.8 Å². The van der Waals surface area contributed by atoms with Crippen LogP contribution in [0.4, 0.5) is 0 Å². The molecule has 1 unspecified atom stereocenters. The van der Waals surface area contributed by atoms with Crippen LogP contribution in [0.2, 0.25) is 0 Å². The molecule has 2 aromatic carbocycles. The van der Waals surface area contributed by atoms with E-state index in [-0.39, 0.29) is 34.5 Å². The van der Waals surface area contributed by atoms with E-state index in [1.807, 2.05) is 30.3 Å². The largest absolute Gasteiger partial charge is 0.507 e. The van der Waals surface area contributed by atoms with Gasteiger partial charge in [-0.1, -0.05) is 30.3 Å². The van der Waals surface area contributed by atoms with Crippen LogP contribution in [0.5, 0.6) is 11.5 Å². The van der Waals surface area contributed by atoms with E-state index >= 15 is 0 Å². The predicted octanol–water partition coefficient (Wildman–Crippen LogP) is 3.50. The van der Waals surface area contributed by atoms with Gasteiger partial charge in [-0.2, -0.15) is 0 Å². The molecule has 0 amide bonds. The lowest BCUT2D eigenvalue weighted by Gasteiger charge is -2.14. The van der Waals surface area contributed by atoms with Gasteiger partial charge >= 0.3 is 5.97 Å². The normalized spacial score (nSPS) is 11.9. The number of carbonyl (C=O) groups excluding carboxylic acids is 1. The highest BCUT2D eigenvalue weighted by molar-refractivity contribution is 5.86. The van der Waals surface area contributed by atoms with E-state index in [1.54, 1.807) is 6.92 Å². The van der Waals surface area contributed by atoms with Crippen LogP contribution >= 0.6 is 0 Å². The summed E-state index contributed by atoms with van der Waals surface area (Å²) in [6, 6.07) is 13.2. The van der Waals surface area contributed by atoms with Crippen molar-refractivity contribution < 1.29 is 23.8 Å². The Morgan fingerprint density at radius 1 is 1.19 bits per heavy atom. The molecule has 0 saturated heterocycles. The van der Waals surface area contributed by atoms with Gasteiger partial charge in [0.25, 0.3) is 0 Å². The van der Waals surface area contributed by atoms with Crippen molar-refractivity contribution in [2.24, 2.45) is 0 Å². The summed E-state index contributed by atoms with van der Waals surface area (Å²) >= 11 is 0. The Labute approximate surface area is 149 Å². The van der Waals surface area contributed by atoms with Crippen molar-refractivity contribution in [3.63, 3.8) is 0 Å². The lowest BCUT2D eigenvalue weighted by molar-refractivity contribution is -0.150. The minimum Gasteiger partial charge on any atom is -0.507 e. The quantitative estimate of drug-likeness (QED) is 0.706. The molecule has 1 atom stereocenters. The maximum absolute atomic E-state index is 12.4. The first-order valence-corrected chi connectivity index (χ1v) is 8.19. The third-order valence-electron chi connectivity index (χ3n) is 3.77. The summed E-state index contributed by atoms with van der Waals surface area (Å²) in [5.74, 6) is -0.226. The number of esters is 1. The Morgan fingerprint density at radius 2 is 1.92 bits per heavy atom. The van der Waals surface area contributed by atoms with Crippen LogP contribution in [0, 0.1) is 0 Å². The molecule has 0 bridgehead atoms. The first-order valence-electron chi connectivity index (χ1n) is 8.19. The van der Waals surface area contributed by atoms with E-state index in [0.717, 1.165) is 5.56 Å². The standard InChI is InChI=1S/C20H18O6/c1-3-24-20(23)12(2)25-14-9-15(21)19-16(22)11-17(26-18(19)10-14)13-7-5-4-6-8-13/h4-12,21H,3H2,1-2H3. The summed E-state index contributed by atoms with van der Waals surface area (Å²) in [5, 5.41) is 10.2. The van der Waals surface area contributed by atoms with Crippen LogP contribution in [0.15, 0.2) is 57.7 Å². The highest BCUT2D eigenvalue weighted by Crippen LogP contribution is 2.31. The molecule has 0 saturated carbocycles. The number of benzene rings is 2. The van der Waals surface area contributed by atoms with Crippen LogP contribution in [0.25, 0.3) is 22.3 Å². The number of fused-ring (bicyclic) bond motifs is 1. The first-order chi connectivity index (χ1) is 12.5. The maximum Gasteiger partial charge on any atom is 0.347 e. The lowest BCUT2D eigenvalue weighted by atomic mass is 10.1. The van der Waals surface area contributed by atoms with Crippen molar-refractivity contribution in [1.29, 1.82) is 0 Å². The zero-order valence-electron chi connectivity index (χ0n) is 14.4. The molecule has 26 heavy (non-hydrogen) atoms. The fourth-order valence-corrected chi connectivity index (χ4v) is 2.57. The van der Waals surface area contributed by atoms with Gasteiger partial charge in [0.1, 0.15) is 28.2 Å². The van der Waals surface area contributed by atoms with E-state index in [0.29, 0.717) is 5.76 Å². The second kappa shape index (κ2) is 7.31. The smallest absolute Gasteiger partial charge is 0.347 e. The van der Waals surface area contributed by atoms with Crippen molar-refractivity contribution in [3.05, 3.63) is 58.8 Å². The molecule has 0 aliphatic rings. The van der Waals surface area contributed by atoms with E-state index in [1.165, 1.54) is 25.1 Å². The summed E-state index contributed by atoms with van der Waals surface area (Å²) < 4.78 is 16.2. The van der Waals surface area contributed by atoms with Crippen LogP contribution < -0.4 is 10.2 Å². The predicted molar refractivity (Wildman–Crippen MR) is 96.3 cm³/mol. The molecule has 0 aliphatic carbocycles. The minimum absolute atomic E-state index is 0.0563. The van der Waals surface area contributed by atoms with Gasteiger partial charge in [0, 0.05) is 23.8 Å². The highest BCUT2D eigenvalue weighted by atomic mass is 16.6. The van der Waals surface area contributed by atoms with Crippen LogP contribution in [0.3, 0.4) is 0 Å². The second-order valence-corrected chi connectivity index (χ2v) is 5.67.